The molecule has 2 aromatic rings. The minimum atomic E-state index is -1.13. The second-order valence-corrected chi connectivity index (χ2v) is 5.29. The SMILES string of the molecule is O=C(O)NC(c1ccccc1)[C@H](CCO)c1cc(Cl)ccn1. The number of rotatable bonds is 6. The molecule has 3 N–H and O–H groups in total. The van der Waals surface area contributed by atoms with E-state index in [1.807, 2.05) is 30.3 Å². The first-order valence-corrected chi connectivity index (χ1v) is 7.26. The van der Waals surface area contributed by atoms with E-state index in [-0.39, 0.29) is 12.5 Å². The Morgan fingerprint density at radius 1 is 1.27 bits per heavy atom. The van der Waals surface area contributed by atoms with Crippen molar-refractivity contribution in [3.05, 3.63) is 64.9 Å². The zero-order chi connectivity index (χ0) is 15.9. The van der Waals surface area contributed by atoms with Gasteiger partial charge in [0.15, 0.2) is 0 Å². The van der Waals surface area contributed by atoms with Gasteiger partial charge < -0.3 is 15.5 Å². The summed E-state index contributed by atoms with van der Waals surface area (Å²) in [6.45, 7) is -0.0799. The summed E-state index contributed by atoms with van der Waals surface area (Å²) in [5.41, 5.74) is 1.45. The molecule has 22 heavy (non-hydrogen) atoms. The van der Waals surface area contributed by atoms with Gasteiger partial charge in [0, 0.05) is 29.4 Å². The Morgan fingerprint density at radius 2 is 2.00 bits per heavy atom. The lowest BCUT2D eigenvalue weighted by Crippen LogP contribution is -2.32. The third kappa shape index (κ3) is 4.19. The maximum Gasteiger partial charge on any atom is 0.405 e. The molecule has 0 spiro atoms. The van der Waals surface area contributed by atoms with Crippen molar-refractivity contribution in [3.63, 3.8) is 0 Å². The number of hydrogen-bond donors (Lipinski definition) is 3. The van der Waals surface area contributed by atoms with Crippen molar-refractivity contribution in [1.82, 2.24) is 10.3 Å². The molecule has 2 atom stereocenters. The molecule has 0 saturated carbocycles. The van der Waals surface area contributed by atoms with Crippen LogP contribution in [-0.4, -0.2) is 27.9 Å². The van der Waals surface area contributed by atoms with Crippen LogP contribution < -0.4 is 5.32 Å². The minimum absolute atomic E-state index is 0.0799. The Balaban J connectivity index is 2.42. The number of carbonyl (C=O) groups is 1. The number of amides is 1. The maximum atomic E-state index is 11.2. The van der Waals surface area contributed by atoms with Gasteiger partial charge in [-0.15, -0.1) is 0 Å². The average molecular weight is 321 g/mol. The van der Waals surface area contributed by atoms with E-state index in [0.717, 1.165) is 5.56 Å². The van der Waals surface area contributed by atoms with Gasteiger partial charge in [0.2, 0.25) is 0 Å². The van der Waals surface area contributed by atoms with Gasteiger partial charge in [-0.05, 0) is 24.1 Å². The molecule has 0 aliphatic carbocycles. The molecule has 1 aromatic heterocycles. The van der Waals surface area contributed by atoms with Crippen LogP contribution in [-0.2, 0) is 0 Å². The predicted molar refractivity (Wildman–Crippen MR) is 84.0 cm³/mol. The lowest BCUT2D eigenvalue weighted by atomic mass is 9.87. The van der Waals surface area contributed by atoms with E-state index >= 15 is 0 Å². The Labute approximate surface area is 133 Å². The fourth-order valence-corrected chi connectivity index (χ4v) is 2.63. The molecule has 1 aromatic carbocycles. The number of pyridine rings is 1. The molecule has 116 valence electrons. The van der Waals surface area contributed by atoms with E-state index < -0.39 is 12.1 Å². The monoisotopic (exact) mass is 320 g/mol. The van der Waals surface area contributed by atoms with Crippen LogP contribution in [0.25, 0.3) is 0 Å². The third-order valence-electron chi connectivity index (χ3n) is 3.40. The molecule has 1 amide bonds. The number of hydrogen-bond acceptors (Lipinski definition) is 3. The Morgan fingerprint density at radius 3 is 2.59 bits per heavy atom. The summed E-state index contributed by atoms with van der Waals surface area (Å²) in [5.74, 6) is -0.317. The molecular formula is C16H17ClN2O3. The fraction of sp³-hybridized carbons (Fsp3) is 0.250. The molecule has 0 fully saturated rings. The molecule has 2 rings (SSSR count). The van der Waals surface area contributed by atoms with Gasteiger partial charge in [-0.3, -0.25) is 4.98 Å². The van der Waals surface area contributed by atoms with Gasteiger partial charge >= 0.3 is 6.09 Å². The quantitative estimate of drug-likeness (QED) is 0.763. The van der Waals surface area contributed by atoms with Crippen LogP contribution in [0.3, 0.4) is 0 Å². The number of halogens is 1. The lowest BCUT2D eigenvalue weighted by molar-refractivity contribution is 0.184. The smallest absolute Gasteiger partial charge is 0.405 e. The van der Waals surface area contributed by atoms with E-state index in [2.05, 4.69) is 10.3 Å². The summed E-state index contributed by atoms with van der Waals surface area (Å²) >= 11 is 6.01. The molecule has 0 aliphatic rings. The summed E-state index contributed by atoms with van der Waals surface area (Å²) in [4.78, 5) is 15.5. The molecule has 0 radical (unpaired) electrons. The van der Waals surface area contributed by atoms with Crippen molar-refractivity contribution in [2.75, 3.05) is 6.61 Å². The van der Waals surface area contributed by atoms with E-state index in [1.54, 1.807) is 18.3 Å². The van der Waals surface area contributed by atoms with Gasteiger partial charge in [0.1, 0.15) is 0 Å². The highest BCUT2D eigenvalue weighted by atomic mass is 35.5. The Hall–Kier alpha value is -2.11. The Kier molecular flexibility index (Phi) is 5.75. The second-order valence-electron chi connectivity index (χ2n) is 4.86. The van der Waals surface area contributed by atoms with Gasteiger partial charge in [-0.25, -0.2) is 4.79 Å². The molecule has 6 heteroatoms. The third-order valence-corrected chi connectivity index (χ3v) is 3.64. The average Bonchev–Trinajstić information content (AvgIpc) is 2.51. The second kappa shape index (κ2) is 7.77. The van der Waals surface area contributed by atoms with Crippen LogP contribution in [0, 0.1) is 0 Å². The van der Waals surface area contributed by atoms with Crippen LogP contribution in [0.5, 0.6) is 0 Å². The number of aliphatic hydroxyl groups excluding tert-OH is 1. The molecule has 5 nitrogen and oxygen atoms in total. The molecule has 0 aliphatic heterocycles. The first kappa shape index (κ1) is 16.3. The van der Waals surface area contributed by atoms with Crippen molar-refractivity contribution < 1.29 is 15.0 Å². The van der Waals surface area contributed by atoms with E-state index in [4.69, 9.17) is 16.7 Å². The van der Waals surface area contributed by atoms with Crippen molar-refractivity contribution >= 4 is 17.7 Å². The highest BCUT2D eigenvalue weighted by Gasteiger charge is 2.27. The predicted octanol–water partition coefficient (Wildman–Crippen LogP) is 3.21. The van der Waals surface area contributed by atoms with Crippen LogP contribution in [0.1, 0.15) is 29.6 Å². The van der Waals surface area contributed by atoms with Gasteiger partial charge in [0.05, 0.1) is 6.04 Å². The zero-order valence-corrected chi connectivity index (χ0v) is 12.6. The molecule has 0 saturated heterocycles. The van der Waals surface area contributed by atoms with Crippen molar-refractivity contribution in [2.45, 2.75) is 18.4 Å². The summed E-state index contributed by atoms with van der Waals surface area (Å²) in [6, 6.07) is 12.1. The standard InChI is InChI=1S/C16H17ClN2O3/c17-12-6-8-18-14(10-12)13(7-9-20)15(19-16(21)22)11-4-2-1-3-5-11/h1-6,8,10,13,15,19-20H,7,9H2,(H,21,22)/t13-,15?/m1/s1. The van der Waals surface area contributed by atoms with Crippen LogP contribution in [0.2, 0.25) is 5.02 Å². The van der Waals surface area contributed by atoms with E-state index in [1.165, 1.54) is 0 Å². The van der Waals surface area contributed by atoms with Gasteiger partial charge in [0.25, 0.3) is 0 Å². The normalized spacial score (nSPS) is 13.4. The number of nitrogens with zero attached hydrogens (tertiary/aromatic N) is 1. The minimum Gasteiger partial charge on any atom is -0.465 e. The molecule has 0 bridgehead atoms. The Bertz CT molecular complexity index is 622. The highest BCUT2D eigenvalue weighted by Crippen LogP contribution is 2.33. The summed E-state index contributed by atoms with van der Waals surface area (Å²) in [7, 11) is 0. The van der Waals surface area contributed by atoms with Crippen molar-refractivity contribution in [3.8, 4) is 0 Å². The first-order valence-electron chi connectivity index (χ1n) is 6.88. The summed E-state index contributed by atoms with van der Waals surface area (Å²) in [6.07, 6.45) is 0.816. The summed E-state index contributed by atoms with van der Waals surface area (Å²) in [5, 5.41) is 21.5. The van der Waals surface area contributed by atoms with Gasteiger partial charge in [-0.1, -0.05) is 41.9 Å². The largest absolute Gasteiger partial charge is 0.465 e. The lowest BCUT2D eigenvalue weighted by Gasteiger charge is -2.27. The van der Waals surface area contributed by atoms with Crippen LogP contribution in [0.4, 0.5) is 4.79 Å². The fourth-order valence-electron chi connectivity index (χ4n) is 2.46. The molecule has 1 heterocycles. The molecule has 1 unspecified atom stereocenters. The number of aliphatic hydroxyl groups is 1. The zero-order valence-electron chi connectivity index (χ0n) is 11.8. The van der Waals surface area contributed by atoms with Crippen LogP contribution in [0.15, 0.2) is 48.7 Å². The number of nitrogens with one attached hydrogen (secondary N) is 1. The summed E-state index contributed by atoms with van der Waals surface area (Å²) < 4.78 is 0. The first-order chi connectivity index (χ1) is 10.6. The van der Waals surface area contributed by atoms with E-state index in [0.29, 0.717) is 17.1 Å². The topological polar surface area (TPSA) is 82.5 Å². The van der Waals surface area contributed by atoms with Crippen LogP contribution >= 0.6 is 11.6 Å². The number of benzene rings is 1. The van der Waals surface area contributed by atoms with Crippen molar-refractivity contribution in [2.24, 2.45) is 0 Å². The highest BCUT2D eigenvalue weighted by molar-refractivity contribution is 6.30. The number of aromatic nitrogens is 1. The molecular weight excluding hydrogens is 304 g/mol. The number of carboxylic acid groups (broad SMARTS) is 1. The van der Waals surface area contributed by atoms with Gasteiger partial charge in [-0.2, -0.15) is 0 Å². The maximum absolute atomic E-state index is 11.2. The van der Waals surface area contributed by atoms with E-state index in [9.17, 15) is 9.90 Å². The van der Waals surface area contributed by atoms with Crippen molar-refractivity contribution in [1.29, 1.82) is 0 Å².